The summed E-state index contributed by atoms with van der Waals surface area (Å²) >= 11 is 0. The van der Waals surface area contributed by atoms with Gasteiger partial charge in [0.1, 0.15) is 11.4 Å². The Labute approximate surface area is 146 Å². The van der Waals surface area contributed by atoms with Gasteiger partial charge in [-0.3, -0.25) is 9.59 Å². The first-order valence-electron chi connectivity index (χ1n) is 8.05. The Balaban J connectivity index is 2.87. The second-order valence-corrected chi connectivity index (χ2v) is 5.78. The number of ketones is 1. The van der Waals surface area contributed by atoms with E-state index in [2.05, 4.69) is 0 Å². The fourth-order valence-electron chi connectivity index (χ4n) is 1.98. The Hall–Kier alpha value is -2.41. The molecule has 0 aliphatic carbocycles. The normalized spacial score (nSPS) is 12.2. The van der Waals surface area contributed by atoms with Crippen LogP contribution in [0.2, 0.25) is 0 Å². The monoisotopic (exact) mass is 352 g/mol. The van der Waals surface area contributed by atoms with Crippen molar-refractivity contribution in [1.29, 1.82) is 0 Å². The second kappa shape index (κ2) is 9.17. The van der Waals surface area contributed by atoms with Crippen LogP contribution >= 0.6 is 0 Å². The highest BCUT2D eigenvalue weighted by atomic mass is 16.6. The lowest BCUT2D eigenvalue weighted by Crippen LogP contribution is -2.33. The molecule has 0 radical (unpaired) electrons. The SMILES string of the molecule is CCOC(=O)CC(Oc1ccc(C(=O)C(C)(C)O)cc1)C(=O)OCC. The van der Waals surface area contributed by atoms with Crippen LogP contribution in [0.5, 0.6) is 5.75 Å². The number of aliphatic hydroxyl groups is 1. The standard InChI is InChI=1S/C18H24O7/c1-5-23-15(19)11-14(17(21)24-6-2)25-13-9-7-12(8-10-13)16(20)18(3,4)22/h7-10,14,22H,5-6,11H2,1-4H3. The number of esters is 2. The molecule has 7 heteroatoms. The highest BCUT2D eigenvalue weighted by molar-refractivity contribution is 6.01. The van der Waals surface area contributed by atoms with E-state index >= 15 is 0 Å². The lowest BCUT2D eigenvalue weighted by Gasteiger charge is -2.18. The first-order valence-corrected chi connectivity index (χ1v) is 8.05. The molecule has 1 aromatic rings. The molecule has 1 aromatic carbocycles. The van der Waals surface area contributed by atoms with Crippen LogP contribution < -0.4 is 4.74 Å². The van der Waals surface area contributed by atoms with Crippen molar-refractivity contribution in [3.63, 3.8) is 0 Å². The summed E-state index contributed by atoms with van der Waals surface area (Å²) in [5.74, 6) is -1.40. The zero-order valence-corrected chi connectivity index (χ0v) is 14.9. The van der Waals surface area contributed by atoms with E-state index in [4.69, 9.17) is 14.2 Å². The predicted octanol–water partition coefficient (Wildman–Crippen LogP) is 1.90. The number of rotatable bonds is 9. The van der Waals surface area contributed by atoms with Crippen LogP contribution in [0.15, 0.2) is 24.3 Å². The van der Waals surface area contributed by atoms with Crippen LogP contribution in [0.4, 0.5) is 0 Å². The molecule has 1 unspecified atom stereocenters. The molecule has 1 rings (SSSR count). The summed E-state index contributed by atoms with van der Waals surface area (Å²) in [5.41, 5.74) is -1.18. The molecule has 25 heavy (non-hydrogen) atoms. The minimum absolute atomic E-state index is 0.153. The van der Waals surface area contributed by atoms with E-state index in [1.54, 1.807) is 13.8 Å². The van der Waals surface area contributed by atoms with E-state index in [1.165, 1.54) is 38.1 Å². The first kappa shape index (κ1) is 20.6. The summed E-state index contributed by atoms with van der Waals surface area (Å²) < 4.78 is 15.2. The van der Waals surface area contributed by atoms with Gasteiger partial charge in [0.25, 0.3) is 0 Å². The van der Waals surface area contributed by atoms with E-state index < -0.39 is 29.4 Å². The number of hydrogen-bond acceptors (Lipinski definition) is 7. The van der Waals surface area contributed by atoms with Crippen molar-refractivity contribution in [3.05, 3.63) is 29.8 Å². The van der Waals surface area contributed by atoms with Crippen LogP contribution in [0.25, 0.3) is 0 Å². The minimum Gasteiger partial charge on any atom is -0.478 e. The summed E-state index contributed by atoms with van der Waals surface area (Å²) in [5, 5.41) is 9.74. The molecule has 0 bridgehead atoms. The summed E-state index contributed by atoms with van der Waals surface area (Å²) in [6.07, 6.45) is -1.42. The minimum atomic E-state index is -1.49. The molecule has 0 saturated carbocycles. The van der Waals surface area contributed by atoms with Gasteiger partial charge in [-0.1, -0.05) is 0 Å². The van der Waals surface area contributed by atoms with Crippen molar-refractivity contribution in [2.45, 2.75) is 45.8 Å². The van der Waals surface area contributed by atoms with Crippen molar-refractivity contribution < 1.29 is 33.7 Å². The molecule has 1 atom stereocenters. The van der Waals surface area contributed by atoms with Gasteiger partial charge in [-0.05, 0) is 52.0 Å². The molecule has 0 heterocycles. The van der Waals surface area contributed by atoms with Crippen molar-refractivity contribution in [3.8, 4) is 5.75 Å². The first-order chi connectivity index (χ1) is 11.7. The van der Waals surface area contributed by atoms with Gasteiger partial charge in [0.2, 0.25) is 6.10 Å². The Bertz CT molecular complexity index is 599. The Kier molecular flexibility index (Phi) is 7.57. The van der Waals surface area contributed by atoms with E-state index in [0.717, 1.165) is 0 Å². The molecule has 0 aromatic heterocycles. The number of Topliss-reactive ketones (excluding diaryl/α,β-unsaturated/α-hetero) is 1. The van der Waals surface area contributed by atoms with Crippen molar-refractivity contribution >= 4 is 17.7 Å². The fourth-order valence-corrected chi connectivity index (χ4v) is 1.98. The van der Waals surface area contributed by atoms with Crippen molar-refractivity contribution in [2.75, 3.05) is 13.2 Å². The average molecular weight is 352 g/mol. The molecule has 0 aliphatic rings. The van der Waals surface area contributed by atoms with E-state index in [0.29, 0.717) is 5.56 Å². The van der Waals surface area contributed by atoms with Crippen LogP contribution in [-0.4, -0.2) is 47.7 Å². The topological polar surface area (TPSA) is 99.1 Å². The molecule has 0 aliphatic heterocycles. The zero-order valence-electron chi connectivity index (χ0n) is 14.9. The molecule has 138 valence electrons. The highest BCUT2D eigenvalue weighted by Crippen LogP contribution is 2.19. The maximum absolute atomic E-state index is 12.0. The fraction of sp³-hybridized carbons (Fsp3) is 0.500. The van der Waals surface area contributed by atoms with Crippen LogP contribution in [-0.2, 0) is 19.1 Å². The van der Waals surface area contributed by atoms with Crippen LogP contribution in [0.3, 0.4) is 0 Å². The van der Waals surface area contributed by atoms with Gasteiger partial charge >= 0.3 is 11.9 Å². The number of carbonyl (C=O) groups is 3. The molecule has 0 saturated heterocycles. The lowest BCUT2D eigenvalue weighted by molar-refractivity contribution is -0.158. The third kappa shape index (κ3) is 6.54. The predicted molar refractivity (Wildman–Crippen MR) is 89.4 cm³/mol. The van der Waals surface area contributed by atoms with Gasteiger partial charge in [-0.15, -0.1) is 0 Å². The van der Waals surface area contributed by atoms with Gasteiger partial charge in [-0.25, -0.2) is 4.79 Å². The van der Waals surface area contributed by atoms with Gasteiger partial charge < -0.3 is 19.3 Å². The highest BCUT2D eigenvalue weighted by Gasteiger charge is 2.27. The molecular weight excluding hydrogens is 328 g/mol. The molecule has 0 spiro atoms. The van der Waals surface area contributed by atoms with Crippen molar-refractivity contribution in [1.82, 2.24) is 0 Å². The Morgan fingerprint density at radius 2 is 1.60 bits per heavy atom. The van der Waals surface area contributed by atoms with Crippen LogP contribution in [0, 0.1) is 0 Å². The molecule has 7 nitrogen and oxygen atoms in total. The second-order valence-electron chi connectivity index (χ2n) is 5.78. The number of hydrogen-bond donors (Lipinski definition) is 1. The summed E-state index contributed by atoms with van der Waals surface area (Å²) in [4.78, 5) is 35.6. The van der Waals surface area contributed by atoms with E-state index in [-0.39, 0.29) is 25.4 Å². The van der Waals surface area contributed by atoms with E-state index in [9.17, 15) is 19.5 Å². The molecule has 0 fully saturated rings. The quantitative estimate of drug-likeness (QED) is 0.535. The molecule has 1 N–H and O–H groups in total. The van der Waals surface area contributed by atoms with Gasteiger partial charge in [-0.2, -0.15) is 0 Å². The summed E-state index contributed by atoms with van der Waals surface area (Å²) in [7, 11) is 0. The number of carbonyl (C=O) groups excluding carboxylic acids is 3. The Morgan fingerprint density at radius 1 is 1.04 bits per heavy atom. The number of benzene rings is 1. The number of ether oxygens (including phenoxy) is 3. The third-order valence-electron chi connectivity index (χ3n) is 3.16. The summed E-state index contributed by atoms with van der Waals surface area (Å²) in [6.45, 7) is 6.46. The summed E-state index contributed by atoms with van der Waals surface area (Å²) in [6, 6.07) is 5.91. The maximum atomic E-state index is 12.0. The zero-order chi connectivity index (χ0) is 19.0. The van der Waals surface area contributed by atoms with E-state index in [1.807, 2.05) is 0 Å². The molecule has 0 amide bonds. The largest absolute Gasteiger partial charge is 0.478 e. The third-order valence-corrected chi connectivity index (χ3v) is 3.16. The van der Waals surface area contributed by atoms with Crippen molar-refractivity contribution in [2.24, 2.45) is 0 Å². The maximum Gasteiger partial charge on any atom is 0.347 e. The van der Waals surface area contributed by atoms with Gasteiger partial charge in [0.15, 0.2) is 5.78 Å². The molecular formula is C18H24O7. The van der Waals surface area contributed by atoms with Gasteiger partial charge in [0.05, 0.1) is 19.6 Å². The average Bonchev–Trinajstić information content (AvgIpc) is 2.54. The lowest BCUT2D eigenvalue weighted by atomic mass is 9.97. The smallest absolute Gasteiger partial charge is 0.347 e. The Morgan fingerprint density at radius 3 is 2.08 bits per heavy atom. The van der Waals surface area contributed by atoms with Gasteiger partial charge in [0, 0.05) is 5.56 Å². The van der Waals surface area contributed by atoms with Crippen LogP contribution in [0.1, 0.15) is 44.5 Å².